The minimum Gasteiger partial charge on any atom is -0.383 e. The molecule has 1 atom stereocenters. The van der Waals surface area contributed by atoms with Gasteiger partial charge in [0, 0.05) is 37.7 Å². The fourth-order valence-electron chi connectivity index (χ4n) is 2.07. The molecule has 1 aliphatic rings. The number of amides is 1. The molecule has 1 heterocycles. The highest BCUT2D eigenvalue weighted by Gasteiger charge is 2.26. The lowest BCUT2D eigenvalue weighted by Crippen LogP contribution is -2.30. The molecule has 90 valence electrons. The summed E-state index contributed by atoms with van der Waals surface area (Å²) in [7, 11) is 0. The molecule has 0 spiro atoms. The molecule has 3 heteroatoms. The number of nitrogens with one attached hydrogen (secondary N) is 1. The number of rotatable bonds is 5. The summed E-state index contributed by atoms with van der Waals surface area (Å²) in [5.41, 5.74) is 1.10. The Kier molecular flexibility index (Phi) is 3.81. The number of carbonyl (C=O) groups excluding carboxylic acids is 1. The van der Waals surface area contributed by atoms with Crippen molar-refractivity contribution in [3.63, 3.8) is 0 Å². The fourth-order valence-corrected chi connectivity index (χ4v) is 2.07. The number of hydrogen-bond acceptors (Lipinski definition) is 2. The van der Waals surface area contributed by atoms with Gasteiger partial charge >= 0.3 is 0 Å². The molecule has 1 aliphatic heterocycles. The van der Waals surface area contributed by atoms with Crippen LogP contribution in [-0.2, 0) is 4.79 Å². The second-order valence-corrected chi connectivity index (χ2v) is 4.33. The minimum absolute atomic E-state index is 0.241. The molecule has 0 aromatic heterocycles. The molecule has 0 aliphatic carbocycles. The van der Waals surface area contributed by atoms with Crippen LogP contribution < -0.4 is 5.32 Å². The number of anilines is 1. The Bertz CT molecular complexity index is 388. The summed E-state index contributed by atoms with van der Waals surface area (Å²) in [6.45, 7) is 6.12. The average Bonchev–Trinajstić information content (AvgIpc) is 2.72. The molecular formula is C14H18N2O. The molecule has 0 saturated carbocycles. The van der Waals surface area contributed by atoms with Crippen molar-refractivity contribution < 1.29 is 4.79 Å². The summed E-state index contributed by atoms with van der Waals surface area (Å²) in [6, 6.07) is 10.0. The lowest BCUT2D eigenvalue weighted by Gasteiger charge is -2.16. The Labute approximate surface area is 102 Å². The van der Waals surface area contributed by atoms with Crippen molar-refractivity contribution in [3.8, 4) is 0 Å². The molecule has 1 N–H and O–H groups in total. The third-order valence-electron chi connectivity index (χ3n) is 3.06. The number of hydrogen-bond donors (Lipinski definition) is 1. The van der Waals surface area contributed by atoms with Crippen LogP contribution in [0.1, 0.15) is 6.42 Å². The van der Waals surface area contributed by atoms with E-state index < -0.39 is 0 Å². The zero-order valence-electron chi connectivity index (χ0n) is 9.93. The van der Waals surface area contributed by atoms with Crippen molar-refractivity contribution in [1.29, 1.82) is 0 Å². The van der Waals surface area contributed by atoms with E-state index in [0.29, 0.717) is 12.3 Å². The first-order valence-electron chi connectivity index (χ1n) is 5.99. The number of nitrogens with zero attached hydrogens (tertiary/aromatic N) is 1. The number of para-hydroxylation sites is 1. The topological polar surface area (TPSA) is 32.3 Å². The Morgan fingerprint density at radius 2 is 2.18 bits per heavy atom. The van der Waals surface area contributed by atoms with Crippen LogP contribution in [0, 0.1) is 5.92 Å². The Balaban J connectivity index is 1.76. The lowest BCUT2D eigenvalue weighted by molar-refractivity contribution is -0.127. The Morgan fingerprint density at radius 3 is 2.82 bits per heavy atom. The molecule has 2 rings (SSSR count). The Morgan fingerprint density at radius 1 is 1.41 bits per heavy atom. The summed E-state index contributed by atoms with van der Waals surface area (Å²) in [6.07, 6.45) is 2.50. The van der Waals surface area contributed by atoms with E-state index >= 15 is 0 Å². The molecule has 1 fully saturated rings. The maximum atomic E-state index is 11.6. The van der Waals surface area contributed by atoms with Gasteiger partial charge in [0.1, 0.15) is 0 Å². The molecule has 0 bridgehead atoms. The molecule has 1 saturated heterocycles. The van der Waals surface area contributed by atoms with Gasteiger partial charge in [-0.05, 0) is 12.1 Å². The van der Waals surface area contributed by atoms with Crippen LogP contribution in [0.4, 0.5) is 5.69 Å². The van der Waals surface area contributed by atoms with Crippen molar-refractivity contribution in [2.45, 2.75) is 6.42 Å². The molecule has 3 nitrogen and oxygen atoms in total. The van der Waals surface area contributed by atoms with Crippen molar-refractivity contribution in [2.75, 3.05) is 25.0 Å². The summed E-state index contributed by atoms with van der Waals surface area (Å²) in [5.74, 6) is 0.573. The molecular weight excluding hydrogens is 212 g/mol. The third kappa shape index (κ3) is 3.09. The molecule has 1 amide bonds. The van der Waals surface area contributed by atoms with Gasteiger partial charge in [-0.25, -0.2) is 0 Å². The van der Waals surface area contributed by atoms with Crippen molar-refractivity contribution >= 4 is 11.6 Å². The minimum atomic E-state index is 0.241. The molecule has 1 aromatic rings. The predicted molar refractivity (Wildman–Crippen MR) is 69.8 cm³/mol. The first-order valence-corrected chi connectivity index (χ1v) is 5.99. The number of benzene rings is 1. The predicted octanol–water partition coefficient (Wildman–Crippen LogP) is 2.13. The van der Waals surface area contributed by atoms with Crippen LogP contribution >= 0.6 is 0 Å². The van der Waals surface area contributed by atoms with Crippen LogP contribution in [0.25, 0.3) is 0 Å². The summed E-state index contributed by atoms with van der Waals surface area (Å²) in [4.78, 5) is 13.5. The van der Waals surface area contributed by atoms with Gasteiger partial charge in [-0.15, -0.1) is 6.58 Å². The van der Waals surface area contributed by atoms with Crippen LogP contribution in [-0.4, -0.2) is 30.4 Å². The van der Waals surface area contributed by atoms with Gasteiger partial charge in [0.05, 0.1) is 0 Å². The van der Waals surface area contributed by atoms with E-state index in [0.717, 1.165) is 25.3 Å². The number of carbonyl (C=O) groups is 1. The normalized spacial score (nSPS) is 19.4. The van der Waals surface area contributed by atoms with Crippen molar-refractivity contribution in [1.82, 2.24) is 4.90 Å². The van der Waals surface area contributed by atoms with Crippen molar-refractivity contribution in [2.24, 2.45) is 5.92 Å². The molecule has 17 heavy (non-hydrogen) atoms. The van der Waals surface area contributed by atoms with E-state index in [1.165, 1.54) is 0 Å². The van der Waals surface area contributed by atoms with Gasteiger partial charge in [0.15, 0.2) is 0 Å². The van der Waals surface area contributed by atoms with Crippen LogP contribution in [0.2, 0.25) is 0 Å². The van der Waals surface area contributed by atoms with Gasteiger partial charge in [0.25, 0.3) is 0 Å². The largest absolute Gasteiger partial charge is 0.383 e. The van der Waals surface area contributed by atoms with Gasteiger partial charge in [-0.2, -0.15) is 0 Å². The summed E-state index contributed by atoms with van der Waals surface area (Å²) >= 11 is 0. The number of likely N-dealkylation sites (tertiary alicyclic amines) is 1. The fraction of sp³-hybridized carbons (Fsp3) is 0.357. The SMILES string of the molecule is C=CC1CC(=O)N(CCNc2ccccc2)C1. The van der Waals surface area contributed by atoms with E-state index in [1.807, 2.05) is 41.3 Å². The summed E-state index contributed by atoms with van der Waals surface area (Å²) < 4.78 is 0. The highest BCUT2D eigenvalue weighted by atomic mass is 16.2. The third-order valence-corrected chi connectivity index (χ3v) is 3.06. The highest BCUT2D eigenvalue weighted by Crippen LogP contribution is 2.17. The van der Waals surface area contributed by atoms with E-state index in [9.17, 15) is 4.79 Å². The second kappa shape index (κ2) is 5.53. The second-order valence-electron chi connectivity index (χ2n) is 4.33. The zero-order valence-corrected chi connectivity index (χ0v) is 9.93. The smallest absolute Gasteiger partial charge is 0.223 e. The first kappa shape index (κ1) is 11.7. The van der Waals surface area contributed by atoms with Gasteiger partial charge in [0.2, 0.25) is 5.91 Å². The first-order chi connectivity index (χ1) is 8.29. The summed E-state index contributed by atoms with van der Waals surface area (Å²) in [5, 5.41) is 3.31. The van der Waals surface area contributed by atoms with Gasteiger partial charge in [-0.1, -0.05) is 24.3 Å². The zero-order chi connectivity index (χ0) is 12.1. The quantitative estimate of drug-likeness (QED) is 0.786. The molecule has 1 aromatic carbocycles. The van der Waals surface area contributed by atoms with Gasteiger partial charge < -0.3 is 10.2 Å². The van der Waals surface area contributed by atoms with Crippen LogP contribution in [0.15, 0.2) is 43.0 Å². The highest BCUT2D eigenvalue weighted by molar-refractivity contribution is 5.79. The lowest BCUT2D eigenvalue weighted by atomic mass is 10.1. The van der Waals surface area contributed by atoms with Crippen molar-refractivity contribution in [3.05, 3.63) is 43.0 Å². The monoisotopic (exact) mass is 230 g/mol. The molecule has 0 radical (unpaired) electrons. The van der Waals surface area contributed by atoms with Crippen LogP contribution in [0.5, 0.6) is 0 Å². The van der Waals surface area contributed by atoms with E-state index in [2.05, 4.69) is 11.9 Å². The molecule has 1 unspecified atom stereocenters. The van der Waals surface area contributed by atoms with E-state index in [4.69, 9.17) is 0 Å². The van der Waals surface area contributed by atoms with Crippen LogP contribution in [0.3, 0.4) is 0 Å². The van der Waals surface area contributed by atoms with E-state index in [1.54, 1.807) is 0 Å². The van der Waals surface area contributed by atoms with E-state index in [-0.39, 0.29) is 5.91 Å². The van der Waals surface area contributed by atoms with Gasteiger partial charge in [-0.3, -0.25) is 4.79 Å². The maximum Gasteiger partial charge on any atom is 0.223 e. The maximum absolute atomic E-state index is 11.6. The standard InChI is InChI=1S/C14H18N2O/c1-2-12-10-14(17)16(11-12)9-8-15-13-6-4-3-5-7-13/h2-7,12,15H,1,8-11H2. The Hall–Kier alpha value is -1.77. The average molecular weight is 230 g/mol.